The molecule has 0 amide bonds. The highest BCUT2D eigenvalue weighted by atomic mass is 16.3. The zero-order chi connectivity index (χ0) is 14.4. The number of phenolic OH excluding ortho intramolecular Hbond substituents is 1. The van der Waals surface area contributed by atoms with Gasteiger partial charge in [-0.3, -0.25) is 4.90 Å². The van der Waals surface area contributed by atoms with Gasteiger partial charge in [0, 0.05) is 36.6 Å². The summed E-state index contributed by atoms with van der Waals surface area (Å²) in [7, 11) is 2.26. The lowest BCUT2D eigenvalue weighted by Gasteiger charge is -2.48. The molecule has 2 atom stereocenters. The number of aromatic nitrogens is 1. The van der Waals surface area contributed by atoms with Crippen molar-refractivity contribution >= 4 is 16.7 Å². The van der Waals surface area contributed by atoms with E-state index in [0.717, 1.165) is 29.8 Å². The van der Waals surface area contributed by atoms with Crippen LogP contribution in [-0.2, 0) is 0 Å². The largest absolute Gasteiger partial charge is 0.508 e. The SMILES string of the molecule is CN1C2CCCC1CN(c1ccc3ccc(O)cc3n1)C2. The molecule has 2 saturated heterocycles. The third-order valence-electron chi connectivity index (χ3n) is 5.07. The third kappa shape index (κ3) is 2.23. The Morgan fingerprint density at radius 1 is 1.10 bits per heavy atom. The number of likely N-dealkylation sites (N-methyl/N-ethyl adjacent to an activating group) is 1. The second-order valence-electron chi connectivity index (χ2n) is 6.36. The molecule has 2 aliphatic heterocycles. The summed E-state index contributed by atoms with van der Waals surface area (Å²) < 4.78 is 0. The first-order chi connectivity index (χ1) is 10.2. The first-order valence-corrected chi connectivity index (χ1v) is 7.77. The standard InChI is InChI=1S/C17H21N3O/c1-19-13-3-2-4-14(19)11-20(10-13)17-8-6-12-5-7-15(21)9-16(12)18-17/h5-9,13-14,21H,2-4,10-11H2,1H3. The molecule has 2 fully saturated rings. The van der Waals surface area contributed by atoms with Gasteiger partial charge < -0.3 is 10.0 Å². The lowest BCUT2D eigenvalue weighted by molar-refractivity contribution is 0.0947. The summed E-state index contributed by atoms with van der Waals surface area (Å²) in [5.41, 5.74) is 0.872. The monoisotopic (exact) mass is 283 g/mol. The van der Waals surface area contributed by atoms with E-state index in [4.69, 9.17) is 4.98 Å². The topological polar surface area (TPSA) is 39.6 Å². The van der Waals surface area contributed by atoms with Crippen molar-refractivity contribution in [2.75, 3.05) is 25.0 Å². The van der Waals surface area contributed by atoms with Gasteiger partial charge in [0.05, 0.1) is 5.52 Å². The minimum absolute atomic E-state index is 0.280. The van der Waals surface area contributed by atoms with E-state index in [1.54, 1.807) is 12.1 Å². The van der Waals surface area contributed by atoms with Gasteiger partial charge in [0.2, 0.25) is 0 Å². The first-order valence-electron chi connectivity index (χ1n) is 7.77. The maximum atomic E-state index is 9.64. The molecular formula is C17H21N3O. The molecule has 2 unspecified atom stereocenters. The van der Waals surface area contributed by atoms with E-state index in [2.05, 4.69) is 29.0 Å². The van der Waals surface area contributed by atoms with Gasteiger partial charge in [-0.1, -0.05) is 6.42 Å². The molecule has 2 aliphatic rings. The van der Waals surface area contributed by atoms with Crippen molar-refractivity contribution in [3.63, 3.8) is 0 Å². The lowest BCUT2D eigenvalue weighted by atomic mass is 9.92. The molecule has 3 heterocycles. The Morgan fingerprint density at radius 2 is 1.81 bits per heavy atom. The highest BCUT2D eigenvalue weighted by molar-refractivity contribution is 5.81. The zero-order valence-corrected chi connectivity index (χ0v) is 12.4. The molecule has 0 radical (unpaired) electrons. The summed E-state index contributed by atoms with van der Waals surface area (Å²) in [6.45, 7) is 2.12. The number of aromatic hydroxyl groups is 1. The summed E-state index contributed by atoms with van der Waals surface area (Å²) in [5, 5.41) is 10.7. The molecule has 0 aliphatic carbocycles. The maximum Gasteiger partial charge on any atom is 0.129 e. The molecule has 1 N–H and O–H groups in total. The van der Waals surface area contributed by atoms with E-state index in [1.807, 2.05) is 6.07 Å². The number of nitrogens with zero attached hydrogens (tertiary/aromatic N) is 3. The molecule has 1 aromatic heterocycles. The Bertz CT molecular complexity index is 658. The molecule has 0 spiro atoms. The van der Waals surface area contributed by atoms with Gasteiger partial charge in [0.1, 0.15) is 11.6 Å². The molecule has 4 rings (SSSR count). The average Bonchev–Trinajstić information content (AvgIpc) is 2.46. The minimum atomic E-state index is 0.280. The Labute approximate surface area is 125 Å². The number of rotatable bonds is 1. The van der Waals surface area contributed by atoms with Crippen LogP contribution in [0.2, 0.25) is 0 Å². The van der Waals surface area contributed by atoms with Gasteiger partial charge in [0.25, 0.3) is 0 Å². The Balaban J connectivity index is 1.67. The van der Waals surface area contributed by atoms with E-state index in [1.165, 1.54) is 19.3 Å². The van der Waals surface area contributed by atoms with Gasteiger partial charge in [-0.15, -0.1) is 0 Å². The molecule has 21 heavy (non-hydrogen) atoms. The molecular weight excluding hydrogens is 262 g/mol. The van der Waals surface area contributed by atoms with E-state index in [0.29, 0.717) is 12.1 Å². The van der Waals surface area contributed by atoms with Crippen molar-refractivity contribution in [3.05, 3.63) is 30.3 Å². The molecule has 1 aromatic carbocycles. The third-order valence-corrected chi connectivity index (χ3v) is 5.07. The summed E-state index contributed by atoms with van der Waals surface area (Å²) in [5.74, 6) is 1.32. The Morgan fingerprint density at radius 3 is 2.57 bits per heavy atom. The van der Waals surface area contributed by atoms with E-state index in [9.17, 15) is 5.11 Å². The Hall–Kier alpha value is -1.81. The normalized spacial score (nSPS) is 26.2. The molecule has 2 bridgehead atoms. The van der Waals surface area contributed by atoms with E-state index in [-0.39, 0.29) is 5.75 Å². The van der Waals surface area contributed by atoms with Gasteiger partial charge in [-0.25, -0.2) is 4.98 Å². The van der Waals surface area contributed by atoms with Crippen molar-refractivity contribution in [2.45, 2.75) is 31.3 Å². The van der Waals surface area contributed by atoms with Crippen LogP contribution in [-0.4, -0.2) is 47.2 Å². The predicted molar refractivity (Wildman–Crippen MR) is 84.8 cm³/mol. The number of phenols is 1. The van der Waals surface area contributed by atoms with E-state index >= 15 is 0 Å². The average molecular weight is 283 g/mol. The smallest absolute Gasteiger partial charge is 0.129 e. The molecule has 0 saturated carbocycles. The number of pyridine rings is 1. The van der Waals surface area contributed by atoms with Crippen LogP contribution < -0.4 is 4.90 Å². The second-order valence-corrected chi connectivity index (χ2v) is 6.36. The number of hydrogen-bond donors (Lipinski definition) is 1. The molecule has 110 valence electrons. The summed E-state index contributed by atoms with van der Waals surface area (Å²) in [4.78, 5) is 9.72. The van der Waals surface area contributed by atoms with Crippen LogP contribution in [0.4, 0.5) is 5.82 Å². The van der Waals surface area contributed by atoms with Crippen molar-refractivity contribution in [1.29, 1.82) is 0 Å². The van der Waals surface area contributed by atoms with E-state index < -0.39 is 0 Å². The molecule has 4 nitrogen and oxygen atoms in total. The van der Waals surface area contributed by atoms with Gasteiger partial charge in [-0.2, -0.15) is 0 Å². The number of anilines is 1. The van der Waals surface area contributed by atoms with Gasteiger partial charge in [0.15, 0.2) is 0 Å². The molecule has 4 heteroatoms. The van der Waals surface area contributed by atoms with Crippen LogP contribution in [0, 0.1) is 0 Å². The fourth-order valence-electron chi connectivity index (χ4n) is 3.78. The van der Waals surface area contributed by atoms with Gasteiger partial charge in [-0.05, 0) is 44.2 Å². The van der Waals surface area contributed by atoms with Gasteiger partial charge >= 0.3 is 0 Å². The number of benzene rings is 1. The fourth-order valence-corrected chi connectivity index (χ4v) is 3.78. The van der Waals surface area contributed by atoms with Crippen LogP contribution in [0.1, 0.15) is 19.3 Å². The van der Waals surface area contributed by atoms with Crippen LogP contribution in [0.3, 0.4) is 0 Å². The quantitative estimate of drug-likeness (QED) is 0.873. The fraction of sp³-hybridized carbons (Fsp3) is 0.471. The van der Waals surface area contributed by atoms with Crippen LogP contribution in [0.15, 0.2) is 30.3 Å². The van der Waals surface area contributed by atoms with Crippen LogP contribution >= 0.6 is 0 Å². The molecule has 2 aromatic rings. The van der Waals surface area contributed by atoms with Crippen molar-refractivity contribution in [3.8, 4) is 5.75 Å². The number of hydrogen-bond acceptors (Lipinski definition) is 4. The summed E-state index contributed by atoms with van der Waals surface area (Å²) >= 11 is 0. The van der Waals surface area contributed by atoms with Crippen LogP contribution in [0.25, 0.3) is 10.9 Å². The lowest BCUT2D eigenvalue weighted by Crippen LogP contribution is -2.59. The minimum Gasteiger partial charge on any atom is -0.508 e. The predicted octanol–water partition coefficient (Wildman–Crippen LogP) is 2.61. The summed E-state index contributed by atoms with van der Waals surface area (Å²) in [6, 6.07) is 10.9. The van der Waals surface area contributed by atoms with Crippen molar-refractivity contribution in [1.82, 2.24) is 9.88 Å². The number of fused-ring (bicyclic) bond motifs is 3. The highest BCUT2D eigenvalue weighted by Crippen LogP contribution is 2.30. The van der Waals surface area contributed by atoms with Crippen molar-refractivity contribution in [2.24, 2.45) is 0 Å². The summed E-state index contributed by atoms with van der Waals surface area (Å²) in [6.07, 6.45) is 3.93. The zero-order valence-electron chi connectivity index (χ0n) is 12.4. The number of piperidine rings is 1. The van der Waals surface area contributed by atoms with Crippen LogP contribution in [0.5, 0.6) is 5.75 Å². The second kappa shape index (κ2) is 4.88. The maximum absolute atomic E-state index is 9.64. The Kier molecular flexibility index (Phi) is 3.00. The highest BCUT2D eigenvalue weighted by Gasteiger charge is 2.35. The number of piperazine rings is 1. The first kappa shape index (κ1) is 12.9. The van der Waals surface area contributed by atoms with Crippen molar-refractivity contribution < 1.29 is 5.11 Å².